The van der Waals surface area contributed by atoms with Crippen LogP contribution in [0.2, 0.25) is 0 Å². The number of hydrogen-bond donors (Lipinski definition) is 1. The molecule has 0 saturated carbocycles. The number of nitrogens with one attached hydrogen (secondary N) is 1. The van der Waals surface area contributed by atoms with Gasteiger partial charge in [0.1, 0.15) is 12.4 Å². The van der Waals surface area contributed by atoms with Crippen LogP contribution < -0.4 is 10.1 Å². The van der Waals surface area contributed by atoms with Crippen LogP contribution in [0.5, 0.6) is 5.75 Å². The van der Waals surface area contributed by atoms with E-state index in [1.165, 1.54) is 12.1 Å². The Bertz CT molecular complexity index is 347. The molecule has 1 unspecified atom stereocenters. The van der Waals surface area contributed by atoms with Gasteiger partial charge in [0.2, 0.25) is 0 Å². The summed E-state index contributed by atoms with van der Waals surface area (Å²) in [6, 6.07) is 3.46. The van der Waals surface area contributed by atoms with Crippen LogP contribution in [0.1, 0.15) is 6.92 Å². The first-order valence-corrected chi connectivity index (χ1v) is 5.43. The molecule has 0 bridgehead atoms. The Balaban J connectivity index is 2.26. The highest BCUT2D eigenvalue weighted by Crippen LogP contribution is 2.17. The van der Waals surface area contributed by atoms with Gasteiger partial charge in [-0.3, -0.25) is 0 Å². The van der Waals surface area contributed by atoms with Crippen LogP contribution in [-0.4, -0.2) is 32.9 Å². The van der Waals surface area contributed by atoms with Gasteiger partial charge in [0, 0.05) is 25.8 Å². The van der Waals surface area contributed by atoms with E-state index >= 15 is 0 Å². The van der Waals surface area contributed by atoms with Crippen molar-refractivity contribution in [2.45, 2.75) is 13.0 Å². The molecule has 0 spiro atoms. The molecule has 1 aromatic rings. The Hall–Kier alpha value is -1.20. The summed E-state index contributed by atoms with van der Waals surface area (Å²) in [6.45, 7) is 3.46. The molecule has 0 heterocycles. The number of methoxy groups -OCH3 is 1. The highest BCUT2D eigenvalue weighted by atomic mass is 19.1. The molecule has 0 aliphatic carbocycles. The van der Waals surface area contributed by atoms with Crippen molar-refractivity contribution in [3.8, 4) is 5.75 Å². The minimum absolute atomic E-state index is 0.0626. The van der Waals surface area contributed by atoms with Crippen LogP contribution in [0.4, 0.5) is 8.78 Å². The zero-order valence-electron chi connectivity index (χ0n) is 10.0. The van der Waals surface area contributed by atoms with E-state index in [9.17, 15) is 8.78 Å². The molecular formula is C12H17F2NO2. The summed E-state index contributed by atoms with van der Waals surface area (Å²) in [6.07, 6.45) is 0. The van der Waals surface area contributed by atoms with Gasteiger partial charge in [-0.25, -0.2) is 8.78 Å². The molecule has 17 heavy (non-hydrogen) atoms. The molecule has 0 aliphatic heterocycles. The van der Waals surface area contributed by atoms with Gasteiger partial charge in [0.05, 0.1) is 6.61 Å². The van der Waals surface area contributed by atoms with E-state index in [1.807, 2.05) is 6.92 Å². The van der Waals surface area contributed by atoms with Gasteiger partial charge >= 0.3 is 0 Å². The monoisotopic (exact) mass is 245 g/mol. The maximum absolute atomic E-state index is 13.2. The van der Waals surface area contributed by atoms with E-state index in [2.05, 4.69) is 5.32 Å². The molecule has 0 radical (unpaired) electrons. The van der Waals surface area contributed by atoms with Gasteiger partial charge in [-0.05, 0) is 19.1 Å². The van der Waals surface area contributed by atoms with Crippen molar-refractivity contribution in [3.63, 3.8) is 0 Å². The SMILES string of the molecule is COCC(C)NCCOc1ccc(F)cc1F. The summed E-state index contributed by atoms with van der Waals surface area (Å²) in [5.41, 5.74) is 0. The molecule has 0 saturated heterocycles. The number of rotatable bonds is 7. The lowest BCUT2D eigenvalue weighted by molar-refractivity contribution is 0.168. The minimum atomic E-state index is -0.685. The van der Waals surface area contributed by atoms with Gasteiger partial charge in [-0.2, -0.15) is 0 Å². The minimum Gasteiger partial charge on any atom is -0.489 e. The quantitative estimate of drug-likeness (QED) is 0.745. The van der Waals surface area contributed by atoms with Crippen LogP contribution in [0.25, 0.3) is 0 Å². The summed E-state index contributed by atoms with van der Waals surface area (Å²) in [5, 5.41) is 3.14. The number of halogens is 2. The smallest absolute Gasteiger partial charge is 0.167 e. The van der Waals surface area contributed by atoms with Crippen LogP contribution >= 0.6 is 0 Å². The van der Waals surface area contributed by atoms with Crippen molar-refractivity contribution in [2.75, 3.05) is 26.9 Å². The molecular weight excluding hydrogens is 228 g/mol. The summed E-state index contributed by atoms with van der Waals surface area (Å²) < 4.78 is 35.9. The van der Waals surface area contributed by atoms with Crippen molar-refractivity contribution < 1.29 is 18.3 Å². The summed E-state index contributed by atoms with van der Waals surface area (Å²) in [5.74, 6) is -1.23. The molecule has 1 aromatic carbocycles. The van der Waals surface area contributed by atoms with E-state index in [1.54, 1.807) is 7.11 Å². The van der Waals surface area contributed by atoms with E-state index in [0.29, 0.717) is 19.8 Å². The standard InChI is InChI=1S/C12H17F2NO2/c1-9(8-16-2)15-5-6-17-12-4-3-10(13)7-11(12)14/h3-4,7,9,15H,5-6,8H2,1-2H3. The van der Waals surface area contributed by atoms with Gasteiger partial charge < -0.3 is 14.8 Å². The number of benzene rings is 1. The summed E-state index contributed by atoms with van der Waals surface area (Å²) in [7, 11) is 1.63. The fourth-order valence-corrected chi connectivity index (χ4v) is 1.37. The predicted molar refractivity (Wildman–Crippen MR) is 61.2 cm³/mol. The van der Waals surface area contributed by atoms with E-state index in [4.69, 9.17) is 9.47 Å². The molecule has 5 heteroatoms. The average molecular weight is 245 g/mol. The van der Waals surface area contributed by atoms with E-state index in [0.717, 1.165) is 6.07 Å². The Morgan fingerprint density at radius 3 is 2.76 bits per heavy atom. The van der Waals surface area contributed by atoms with Gasteiger partial charge in [-0.15, -0.1) is 0 Å². The van der Waals surface area contributed by atoms with E-state index in [-0.39, 0.29) is 11.8 Å². The zero-order chi connectivity index (χ0) is 12.7. The molecule has 3 nitrogen and oxygen atoms in total. The maximum Gasteiger partial charge on any atom is 0.167 e. The van der Waals surface area contributed by atoms with Crippen molar-refractivity contribution in [2.24, 2.45) is 0 Å². The highest BCUT2D eigenvalue weighted by Gasteiger charge is 2.05. The summed E-state index contributed by atoms with van der Waals surface area (Å²) >= 11 is 0. The Morgan fingerprint density at radius 1 is 1.35 bits per heavy atom. The molecule has 1 N–H and O–H groups in total. The fraction of sp³-hybridized carbons (Fsp3) is 0.500. The van der Waals surface area contributed by atoms with Crippen LogP contribution in [0.15, 0.2) is 18.2 Å². The highest BCUT2D eigenvalue weighted by molar-refractivity contribution is 5.24. The molecule has 96 valence electrons. The second kappa shape index (κ2) is 7.19. The summed E-state index contributed by atoms with van der Waals surface area (Å²) in [4.78, 5) is 0. The van der Waals surface area contributed by atoms with Crippen molar-refractivity contribution in [3.05, 3.63) is 29.8 Å². The lowest BCUT2D eigenvalue weighted by atomic mass is 10.3. The molecule has 0 fully saturated rings. The predicted octanol–water partition coefficient (Wildman–Crippen LogP) is 1.97. The third kappa shape index (κ3) is 5.10. The maximum atomic E-state index is 13.2. The first-order valence-electron chi connectivity index (χ1n) is 5.43. The second-order valence-electron chi connectivity index (χ2n) is 3.73. The third-order valence-corrected chi connectivity index (χ3v) is 2.16. The van der Waals surface area contributed by atoms with Gasteiger partial charge in [0.15, 0.2) is 11.6 Å². The normalized spacial score (nSPS) is 12.5. The van der Waals surface area contributed by atoms with Gasteiger partial charge in [-0.1, -0.05) is 0 Å². The molecule has 0 aromatic heterocycles. The Labute approximate surface area is 99.7 Å². The van der Waals surface area contributed by atoms with Crippen LogP contribution in [0.3, 0.4) is 0 Å². The first kappa shape index (κ1) is 13.9. The number of hydrogen-bond acceptors (Lipinski definition) is 3. The Kier molecular flexibility index (Phi) is 5.86. The third-order valence-electron chi connectivity index (χ3n) is 2.16. The van der Waals surface area contributed by atoms with Gasteiger partial charge in [0.25, 0.3) is 0 Å². The molecule has 1 rings (SSSR count). The zero-order valence-corrected chi connectivity index (χ0v) is 10.0. The molecule has 0 amide bonds. The molecule has 0 aliphatic rings. The average Bonchev–Trinajstić information content (AvgIpc) is 2.27. The lowest BCUT2D eigenvalue weighted by Gasteiger charge is -2.13. The van der Waals surface area contributed by atoms with Crippen molar-refractivity contribution >= 4 is 0 Å². The lowest BCUT2D eigenvalue weighted by Crippen LogP contribution is -2.33. The first-order chi connectivity index (χ1) is 8.13. The van der Waals surface area contributed by atoms with Crippen LogP contribution in [-0.2, 0) is 4.74 Å². The Morgan fingerprint density at radius 2 is 2.12 bits per heavy atom. The molecule has 1 atom stereocenters. The van der Waals surface area contributed by atoms with Crippen molar-refractivity contribution in [1.82, 2.24) is 5.32 Å². The fourth-order valence-electron chi connectivity index (χ4n) is 1.37. The second-order valence-corrected chi connectivity index (χ2v) is 3.73. The van der Waals surface area contributed by atoms with Crippen molar-refractivity contribution in [1.29, 1.82) is 0 Å². The topological polar surface area (TPSA) is 30.5 Å². The van der Waals surface area contributed by atoms with E-state index < -0.39 is 11.6 Å². The largest absolute Gasteiger partial charge is 0.489 e. The van der Waals surface area contributed by atoms with Crippen LogP contribution in [0, 0.1) is 11.6 Å². The number of ether oxygens (including phenoxy) is 2.